The number of halogens is 1. The number of sulfonamides is 1. The third-order valence-corrected chi connectivity index (χ3v) is 5.58. The summed E-state index contributed by atoms with van der Waals surface area (Å²) in [6.07, 6.45) is 0. The van der Waals surface area contributed by atoms with Crippen molar-refractivity contribution in [3.8, 4) is 5.75 Å². The quantitative estimate of drug-likeness (QED) is 0.554. The molecule has 134 valence electrons. The SMILES string of the molecule is CCN(Cc1ccc(OC)c(F)c1)S(=O)(=O)c1ccccc1[N+](=O)[O-]. The van der Waals surface area contributed by atoms with Crippen LogP contribution < -0.4 is 4.74 Å². The van der Waals surface area contributed by atoms with E-state index in [0.29, 0.717) is 5.56 Å². The predicted octanol–water partition coefficient (Wildman–Crippen LogP) is 2.95. The molecule has 0 aromatic heterocycles. The van der Waals surface area contributed by atoms with E-state index in [4.69, 9.17) is 4.74 Å². The maximum Gasteiger partial charge on any atom is 0.289 e. The standard InChI is InChI=1S/C16H17FN2O5S/c1-3-18(11-12-8-9-15(24-2)13(17)10-12)25(22,23)16-7-5-4-6-14(16)19(20)21/h4-10H,3,11H2,1-2H3. The first-order valence-corrected chi connectivity index (χ1v) is 8.81. The van der Waals surface area contributed by atoms with Gasteiger partial charge in [-0.1, -0.05) is 25.1 Å². The van der Waals surface area contributed by atoms with Crippen molar-refractivity contribution >= 4 is 15.7 Å². The van der Waals surface area contributed by atoms with Gasteiger partial charge in [0.15, 0.2) is 16.5 Å². The Hall–Kier alpha value is -2.52. The zero-order valence-corrected chi connectivity index (χ0v) is 14.5. The van der Waals surface area contributed by atoms with E-state index in [0.717, 1.165) is 10.4 Å². The lowest BCUT2D eigenvalue weighted by Crippen LogP contribution is -2.31. The molecule has 9 heteroatoms. The summed E-state index contributed by atoms with van der Waals surface area (Å²) in [7, 11) is -2.79. The third kappa shape index (κ3) is 3.94. The molecule has 0 heterocycles. The number of nitro groups is 1. The van der Waals surface area contributed by atoms with Crippen molar-refractivity contribution < 1.29 is 22.5 Å². The predicted molar refractivity (Wildman–Crippen MR) is 89.3 cm³/mol. The molecule has 0 aliphatic heterocycles. The van der Waals surface area contributed by atoms with Crippen molar-refractivity contribution in [2.45, 2.75) is 18.4 Å². The summed E-state index contributed by atoms with van der Waals surface area (Å²) in [4.78, 5) is 9.98. The van der Waals surface area contributed by atoms with E-state index >= 15 is 0 Å². The topological polar surface area (TPSA) is 89.8 Å². The highest BCUT2D eigenvalue weighted by molar-refractivity contribution is 7.89. The number of nitro benzene ring substituents is 1. The van der Waals surface area contributed by atoms with Gasteiger partial charge in [-0.3, -0.25) is 10.1 Å². The van der Waals surface area contributed by atoms with Crippen LogP contribution in [0.4, 0.5) is 10.1 Å². The Kier molecular flexibility index (Phi) is 5.70. The third-order valence-electron chi connectivity index (χ3n) is 3.61. The second kappa shape index (κ2) is 7.58. The molecule has 0 fully saturated rings. The molecule has 0 N–H and O–H groups in total. The zero-order chi connectivity index (χ0) is 18.6. The molecule has 0 aliphatic carbocycles. The number of hydrogen-bond donors (Lipinski definition) is 0. The van der Waals surface area contributed by atoms with Crippen molar-refractivity contribution in [1.82, 2.24) is 4.31 Å². The Balaban J connectivity index is 2.40. The smallest absolute Gasteiger partial charge is 0.289 e. The fourth-order valence-electron chi connectivity index (χ4n) is 2.34. The molecule has 0 amide bonds. The second-order valence-electron chi connectivity index (χ2n) is 5.12. The van der Waals surface area contributed by atoms with Crippen molar-refractivity contribution in [3.05, 3.63) is 64.0 Å². The van der Waals surface area contributed by atoms with E-state index in [-0.39, 0.29) is 18.8 Å². The number of nitrogens with zero attached hydrogens (tertiary/aromatic N) is 2. The minimum atomic E-state index is -4.12. The van der Waals surface area contributed by atoms with Crippen molar-refractivity contribution in [2.24, 2.45) is 0 Å². The van der Waals surface area contributed by atoms with Gasteiger partial charge in [-0.15, -0.1) is 0 Å². The van der Waals surface area contributed by atoms with E-state index in [1.54, 1.807) is 13.0 Å². The summed E-state index contributed by atoms with van der Waals surface area (Å²) < 4.78 is 45.3. The summed E-state index contributed by atoms with van der Waals surface area (Å²) in [5.41, 5.74) is -0.0934. The summed E-state index contributed by atoms with van der Waals surface area (Å²) >= 11 is 0. The highest BCUT2D eigenvalue weighted by Crippen LogP contribution is 2.27. The lowest BCUT2D eigenvalue weighted by Gasteiger charge is -2.20. The molecule has 7 nitrogen and oxygen atoms in total. The number of para-hydroxylation sites is 1. The molecule has 0 saturated carbocycles. The first kappa shape index (κ1) is 18.8. The molecule has 0 radical (unpaired) electrons. The molecule has 0 atom stereocenters. The van der Waals surface area contributed by atoms with Gasteiger partial charge in [-0.05, 0) is 23.8 Å². The van der Waals surface area contributed by atoms with Crippen LogP contribution in [0.2, 0.25) is 0 Å². The van der Waals surface area contributed by atoms with Crippen molar-refractivity contribution in [3.63, 3.8) is 0 Å². The molecular formula is C16H17FN2O5S. The number of hydrogen-bond acceptors (Lipinski definition) is 5. The summed E-state index contributed by atoms with van der Waals surface area (Å²) in [5.74, 6) is -0.563. The normalized spacial score (nSPS) is 11.5. The highest BCUT2D eigenvalue weighted by Gasteiger charge is 2.30. The Labute approximate surface area is 144 Å². The molecule has 25 heavy (non-hydrogen) atoms. The van der Waals surface area contributed by atoms with E-state index < -0.39 is 31.3 Å². The number of ether oxygens (including phenoxy) is 1. The summed E-state index contributed by atoms with van der Waals surface area (Å²) in [6, 6.07) is 9.25. The molecule has 0 saturated heterocycles. The molecule has 0 bridgehead atoms. The monoisotopic (exact) mass is 368 g/mol. The van der Waals surface area contributed by atoms with Gasteiger partial charge >= 0.3 is 0 Å². The molecule has 2 aromatic carbocycles. The fraction of sp³-hybridized carbons (Fsp3) is 0.250. The van der Waals surface area contributed by atoms with Crippen LogP contribution in [0, 0.1) is 15.9 Å². The van der Waals surface area contributed by atoms with Gasteiger partial charge in [-0.25, -0.2) is 12.8 Å². The average Bonchev–Trinajstić information content (AvgIpc) is 2.59. The van der Waals surface area contributed by atoms with Gasteiger partial charge < -0.3 is 4.74 Å². The Morgan fingerprint density at radius 1 is 1.24 bits per heavy atom. The largest absolute Gasteiger partial charge is 0.494 e. The van der Waals surface area contributed by atoms with E-state index in [9.17, 15) is 22.9 Å². The van der Waals surface area contributed by atoms with Crippen LogP contribution in [0.15, 0.2) is 47.4 Å². The fourth-order valence-corrected chi connectivity index (χ4v) is 3.94. The van der Waals surface area contributed by atoms with Gasteiger partial charge in [0.1, 0.15) is 0 Å². The Bertz CT molecular complexity index is 886. The Morgan fingerprint density at radius 2 is 1.92 bits per heavy atom. The van der Waals surface area contributed by atoms with Crippen LogP contribution in [0.25, 0.3) is 0 Å². The van der Waals surface area contributed by atoms with Gasteiger partial charge in [0.2, 0.25) is 10.0 Å². The van der Waals surface area contributed by atoms with Gasteiger partial charge in [0, 0.05) is 19.2 Å². The van der Waals surface area contributed by atoms with Crippen LogP contribution in [0.5, 0.6) is 5.75 Å². The minimum absolute atomic E-state index is 0.0494. The zero-order valence-electron chi connectivity index (χ0n) is 13.7. The molecule has 2 aromatic rings. The average molecular weight is 368 g/mol. The maximum absolute atomic E-state index is 13.8. The van der Waals surface area contributed by atoms with Crippen LogP contribution in [0.1, 0.15) is 12.5 Å². The lowest BCUT2D eigenvalue weighted by molar-refractivity contribution is -0.387. The summed E-state index contributed by atoms with van der Waals surface area (Å²) in [6.45, 7) is 1.56. The number of rotatable bonds is 7. The number of methoxy groups -OCH3 is 1. The minimum Gasteiger partial charge on any atom is -0.494 e. The first-order chi connectivity index (χ1) is 11.8. The van der Waals surface area contributed by atoms with E-state index in [1.165, 1.54) is 37.4 Å². The van der Waals surface area contributed by atoms with Crippen molar-refractivity contribution in [1.29, 1.82) is 0 Å². The van der Waals surface area contributed by atoms with Crippen LogP contribution in [-0.4, -0.2) is 31.3 Å². The molecule has 0 unspecified atom stereocenters. The molecule has 2 rings (SSSR count). The van der Waals surface area contributed by atoms with Crippen LogP contribution in [0.3, 0.4) is 0 Å². The maximum atomic E-state index is 13.8. The van der Waals surface area contributed by atoms with Gasteiger partial charge in [-0.2, -0.15) is 4.31 Å². The van der Waals surface area contributed by atoms with Crippen LogP contribution in [-0.2, 0) is 16.6 Å². The van der Waals surface area contributed by atoms with Crippen molar-refractivity contribution in [2.75, 3.05) is 13.7 Å². The highest BCUT2D eigenvalue weighted by atomic mass is 32.2. The number of benzene rings is 2. The van der Waals surface area contributed by atoms with E-state index in [1.807, 2.05) is 0 Å². The molecular weight excluding hydrogens is 351 g/mol. The summed E-state index contributed by atoms with van der Waals surface area (Å²) in [5, 5.41) is 11.1. The first-order valence-electron chi connectivity index (χ1n) is 7.37. The van der Waals surface area contributed by atoms with Gasteiger partial charge in [0.05, 0.1) is 12.0 Å². The van der Waals surface area contributed by atoms with Gasteiger partial charge in [0.25, 0.3) is 5.69 Å². The second-order valence-corrected chi connectivity index (χ2v) is 7.03. The molecule has 0 spiro atoms. The Morgan fingerprint density at radius 3 is 2.48 bits per heavy atom. The van der Waals surface area contributed by atoms with E-state index in [2.05, 4.69) is 0 Å². The van der Waals surface area contributed by atoms with Crippen LogP contribution >= 0.6 is 0 Å². The lowest BCUT2D eigenvalue weighted by atomic mass is 10.2. The molecule has 0 aliphatic rings.